The third-order valence-corrected chi connectivity index (χ3v) is 3.43. The van der Waals surface area contributed by atoms with E-state index in [4.69, 9.17) is 9.47 Å². The van der Waals surface area contributed by atoms with E-state index in [2.05, 4.69) is 17.4 Å². The number of hydrogen-bond acceptors (Lipinski definition) is 3. The van der Waals surface area contributed by atoms with E-state index in [0.29, 0.717) is 6.79 Å². The molecule has 0 radical (unpaired) electrons. The molecule has 0 saturated heterocycles. The highest BCUT2D eigenvalue weighted by Crippen LogP contribution is 2.28. The predicted molar refractivity (Wildman–Crippen MR) is 70.5 cm³/mol. The zero-order chi connectivity index (χ0) is 12.2. The molecule has 3 heteroatoms. The number of ether oxygens (including phenoxy) is 2. The Bertz CT molecular complexity index is 386. The number of nitrogens with one attached hydrogen (secondary N) is 1. The smallest absolute Gasteiger partial charge is 0.189 e. The first-order valence-corrected chi connectivity index (χ1v) is 6.93. The van der Waals surface area contributed by atoms with Crippen molar-refractivity contribution < 1.29 is 9.47 Å². The molecule has 0 bridgehead atoms. The van der Waals surface area contributed by atoms with Gasteiger partial charge in [-0.15, -0.1) is 0 Å². The summed E-state index contributed by atoms with van der Waals surface area (Å²) in [6, 6.07) is 9.00. The van der Waals surface area contributed by atoms with Gasteiger partial charge in [-0.1, -0.05) is 12.1 Å². The molecule has 3 rings (SSSR count). The maximum Gasteiger partial charge on any atom is 0.189 e. The van der Waals surface area contributed by atoms with Crippen LogP contribution >= 0.6 is 0 Å². The topological polar surface area (TPSA) is 30.5 Å². The Hall–Kier alpha value is -1.06. The second-order valence-corrected chi connectivity index (χ2v) is 5.38. The molecule has 98 valence electrons. The van der Waals surface area contributed by atoms with Crippen LogP contribution in [0.2, 0.25) is 0 Å². The van der Waals surface area contributed by atoms with Crippen LogP contribution < -0.4 is 10.1 Å². The minimum atomic E-state index is 0.371. The van der Waals surface area contributed by atoms with Crippen LogP contribution in [0.5, 0.6) is 5.75 Å². The molecular formula is C15H21NO2. The highest BCUT2D eigenvalue weighted by Gasteiger charge is 2.21. The first-order chi connectivity index (χ1) is 8.90. The molecule has 0 heterocycles. The van der Waals surface area contributed by atoms with Gasteiger partial charge in [0.1, 0.15) is 5.75 Å². The van der Waals surface area contributed by atoms with Crippen molar-refractivity contribution in [1.82, 2.24) is 5.32 Å². The molecule has 1 N–H and O–H groups in total. The van der Waals surface area contributed by atoms with E-state index in [0.717, 1.165) is 30.9 Å². The van der Waals surface area contributed by atoms with Gasteiger partial charge in [0.2, 0.25) is 0 Å². The lowest BCUT2D eigenvalue weighted by molar-refractivity contribution is 0.00994. The average Bonchev–Trinajstić information content (AvgIpc) is 3.27. The first kappa shape index (κ1) is 12.0. The van der Waals surface area contributed by atoms with Crippen LogP contribution in [-0.2, 0) is 11.3 Å². The van der Waals surface area contributed by atoms with E-state index >= 15 is 0 Å². The van der Waals surface area contributed by atoms with E-state index in [9.17, 15) is 0 Å². The van der Waals surface area contributed by atoms with Crippen LogP contribution in [0.25, 0.3) is 0 Å². The molecule has 3 nitrogen and oxygen atoms in total. The van der Waals surface area contributed by atoms with E-state index in [1.807, 2.05) is 12.1 Å². The van der Waals surface area contributed by atoms with Crippen molar-refractivity contribution >= 4 is 0 Å². The normalized spacial score (nSPS) is 18.9. The molecular weight excluding hydrogens is 226 g/mol. The Balaban J connectivity index is 1.40. The van der Waals surface area contributed by atoms with Gasteiger partial charge in [0.05, 0.1) is 6.61 Å². The molecule has 1 aromatic carbocycles. The van der Waals surface area contributed by atoms with Gasteiger partial charge in [-0.2, -0.15) is 0 Å². The number of rotatable bonds is 8. The second-order valence-electron chi connectivity index (χ2n) is 5.38. The summed E-state index contributed by atoms with van der Waals surface area (Å²) in [6.07, 6.45) is 5.29. The lowest BCUT2D eigenvalue weighted by atomic mass is 10.2. The van der Waals surface area contributed by atoms with Gasteiger partial charge >= 0.3 is 0 Å². The fourth-order valence-electron chi connectivity index (χ4n) is 1.90. The van der Waals surface area contributed by atoms with Gasteiger partial charge < -0.3 is 14.8 Å². The van der Waals surface area contributed by atoms with Crippen LogP contribution in [0.4, 0.5) is 0 Å². The summed E-state index contributed by atoms with van der Waals surface area (Å²) >= 11 is 0. The van der Waals surface area contributed by atoms with E-state index < -0.39 is 0 Å². The number of benzene rings is 1. The van der Waals surface area contributed by atoms with Gasteiger partial charge in [0, 0.05) is 12.6 Å². The number of hydrogen-bond donors (Lipinski definition) is 1. The Morgan fingerprint density at radius 3 is 2.83 bits per heavy atom. The highest BCUT2D eigenvalue weighted by molar-refractivity contribution is 5.28. The minimum Gasteiger partial charge on any atom is -0.468 e. The second kappa shape index (κ2) is 5.72. The summed E-state index contributed by atoms with van der Waals surface area (Å²) < 4.78 is 11.1. The molecule has 2 aliphatic carbocycles. The zero-order valence-corrected chi connectivity index (χ0v) is 10.7. The van der Waals surface area contributed by atoms with E-state index in [1.165, 1.54) is 31.2 Å². The Morgan fingerprint density at radius 2 is 2.06 bits per heavy atom. The molecule has 2 saturated carbocycles. The van der Waals surface area contributed by atoms with Gasteiger partial charge in [-0.3, -0.25) is 0 Å². The third kappa shape index (κ3) is 4.00. The van der Waals surface area contributed by atoms with Crippen LogP contribution in [0.3, 0.4) is 0 Å². The molecule has 0 atom stereocenters. The summed E-state index contributed by atoms with van der Waals surface area (Å²) in [7, 11) is 0. The summed E-state index contributed by atoms with van der Waals surface area (Å²) in [4.78, 5) is 0. The fourth-order valence-corrected chi connectivity index (χ4v) is 1.90. The minimum absolute atomic E-state index is 0.371. The maximum absolute atomic E-state index is 5.60. The molecule has 2 fully saturated rings. The van der Waals surface area contributed by atoms with E-state index in [1.54, 1.807) is 0 Å². The fraction of sp³-hybridized carbons (Fsp3) is 0.600. The van der Waals surface area contributed by atoms with Crippen LogP contribution in [0, 0.1) is 5.92 Å². The van der Waals surface area contributed by atoms with Crippen molar-refractivity contribution in [2.45, 2.75) is 38.3 Å². The lowest BCUT2D eigenvalue weighted by Crippen LogP contribution is -2.15. The lowest BCUT2D eigenvalue weighted by Gasteiger charge is -2.09. The summed E-state index contributed by atoms with van der Waals surface area (Å²) in [5.41, 5.74) is 1.28. The van der Waals surface area contributed by atoms with Crippen LogP contribution in [-0.4, -0.2) is 19.4 Å². The highest BCUT2D eigenvalue weighted by atomic mass is 16.7. The van der Waals surface area contributed by atoms with Gasteiger partial charge in [0.25, 0.3) is 0 Å². The summed E-state index contributed by atoms with van der Waals surface area (Å²) in [5, 5.41) is 3.50. The molecule has 2 aliphatic rings. The average molecular weight is 247 g/mol. The molecule has 18 heavy (non-hydrogen) atoms. The van der Waals surface area contributed by atoms with Crippen molar-refractivity contribution in [2.24, 2.45) is 5.92 Å². The molecule has 0 unspecified atom stereocenters. The predicted octanol–water partition coefficient (Wildman–Crippen LogP) is 2.70. The third-order valence-electron chi connectivity index (χ3n) is 3.43. The Morgan fingerprint density at radius 1 is 1.17 bits per heavy atom. The van der Waals surface area contributed by atoms with Crippen molar-refractivity contribution in [3.8, 4) is 5.75 Å². The largest absolute Gasteiger partial charge is 0.468 e. The monoisotopic (exact) mass is 247 g/mol. The standard InChI is InChI=1S/C15H21NO2/c1-2-13(9-16-14-6-7-14)8-15(3-1)18-11-17-10-12-4-5-12/h1-3,8,12,14,16H,4-7,9-11H2. The maximum atomic E-state index is 5.60. The molecule has 0 spiro atoms. The Kier molecular flexibility index (Phi) is 3.81. The van der Waals surface area contributed by atoms with E-state index in [-0.39, 0.29) is 0 Å². The molecule has 1 aromatic rings. The van der Waals surface area contributed by atoms with Crippen LogP contribution in [0.15, 0.2) is 24.3 Å². The van der Waals surface area contributed by atoms with Crippen molar-refractivity contribution in [3.05, 3.63) is 29.8 Å². The SMILES string of the molecule is c1cc(CNC2CC2)cc(OCOCC2CC2)c1. The van der Waals surface area contributed by atoms with Crippen molar-refractivity contribution in [3.63, 3.8) is 0 Å². The van der Waals surface area contributed by atoms with Gasteiger partial charge in [-0.05, 0) is 49.3 Å². The summed E-state index contributed by atoms with van der Waals surface area (Å²) in [5.74, 6) is 1.70. The van der Waals surface area contributed by atoms with Gasteiger partial charge in [0.15, 0.2) is 6.79 Å². The van der Waals surface area contributed by atoms with Crippen molar-refractivity contribution in [1.29, 1.82) is 0 Å². The van der Waals surface area contributed by atoms with Crippen LogP contribution in [0.1, 0.15) is 31.2 Å². The molecule has 0 aliphatic heterocycles. The summed E-state index contributed by atoms with van der Waals surface area (Å²) in [6.45, 7) is 2.16. The first-order valence-electron chi connectivity index (χ1n) is 6.93. The molecule has 0 amide bonds. The Labute approximate surface area is 108 Å². The van der Waals surface area contributed by atoms with Crippen molar-refractivity contribution in [2.75, 3.05) is 13.4 Å². The van der Waals surface area contributed by atoms with Gasteiger partial charge in [-0.25, -0.2) is 0 Å². The zero-order valence-electron chi connectivity index (χ0n) is 10.7. The molecule has 0 aromatic heterocycles. The quantitative estimate of drug-likeness (QED) is 0.566.